The number of amides is 1. The summed E-state index contributed by atoms with van der Waals surface area (Å²) >= 11 is 1.48. The first-order chi connectivity index (χ1) is 7.63. The first-order valence-electron chi connectivity index (χ1n) is 4.77. The molecule has 0 aromatic carbocycles. The summed E-state index contributed by atoms with van der Waals surface area (Å²) in [6.45, 7) is -0.268. The lowest BCUT2D eigenvalue weighted by molar-refractivity contribution is -0.142. The Morgan fingerprint density at radius 1 is 1.50 bits per heavy atom. The van der Waals surface area contributed by atoms with Crippen molar-refractivity contribution >= 4 is 23.2 Å². The van der Waals surface area contributed by atoms with E-state index in [9.17, 15) is 9.59 Å². The van der Waals surface area contributed by atoms with Crippen LogP contribution in [0.15, 0.2) is 16.8 Å². The zero-order valence-corrected chi connectivity index (χ0v) is 9.37. The van der Waals surface area contributed by atoms with Gasteiger partial charge in [0.2, 0.25) is 5.91 Å². The molecule has 0 fully saturated rings. The van der Waals surface area contributed by atoms with Gasteiger partial charge in [-0.2, -0.15) is 11.3 Å². The number of carboxylic acids is 1. The number of aliphatic carboxylic acids is 1. The molecule has 1 aromatic heterocycles. The zero-order valence-electron chi connectivity index (χ0n) is 8.55. The SMILES string of the molecule is O=C(Cc1ccsc1)N[C@@H](CCO)C(=O)O. The normalized spacial score (nSPS) is 12.1. The van der Waals surface area contributed by atoms with Crippen molar-refractivity contribution in [3.63, 3.8) is 0 Å². The molecule has 1 heterocycles. The summed E-state index contributed by atoms with van der Waals surface area (Å²) < 4.78 is 0. The average Bonchev–Trinajstić information content (AvgIpc) is 2.69. The lowest BCUT2D eigenvalue weighted by Gasteiger charge is -2.12. The summed E-state index contributed by atoms with van der Waals surface area (Å²) in [4.78, 5) is 22.2. The Bertz CT molecular complexity index is 350. The van der Waals surface area contributed by atoms with E-state index in [1.54, 1.807) is 0 Å². The fourth-order valence-electron chi connectivity index (χ4n) is 1.21. The third-order valence-electron chi connectivity index (χ3n) is 2.00. The van der Waals surface area contributed by atoms with Gasteiger partial charge in [0.15, 0.2) is 0 Å². The van der Waals surface area contributed by atoms with Crippen LogP contribution >= 0.6 is 11.3 Å². The molecule has 3 N–H and O–H groups in total. The number of aliphatic hydroxyl groups excluding tert-OH is 1. The van der Waals surface area contributed by atoms with Crippen molar-refractivity contribution in [3.8, 4) is 0 Å². The monoisotopic (exact) mass is 243 g/mol. The Morgan fingerprint density at radius 3 is 2.75 bits per heavy atom. The lowest BCUT2D eigenvalue weighted by Crippen LogP contribution is -2.42. The first kappa shape index (κ1) is 12.7. The number of thiophene rings is 1. The standard InChI is InChI=1S/C10H13NO4S/c12-3-1-8(10(14)15)11-9(13)5-7-2-4-16-6-7/h2,4,6,8,12H,1,3,5H2,(H,11,13)(H,14,15)/t8-/m0/s1. The quantitative estimate of drug-likeness (QED) is 0.668. The smallest absolute Gasteiger partial charge is 0.326 e. The van der Waals surface area contributed by atoms with E-state index in [0.717, 1.165) is 5.56 Å². The van der Waals surface area contributed by atoms with Crippen LogP contribution in [0.1, 0.15) is 12.0 Å². The van der Waals surface area contributed by atoms with Gasteiger partial charge in [-0.3, -0.25) is 4.79 Å². The molecule has 1 aromatic rings. The maximum Gasteiger partial charge on any atom is 0.326 e. The Labute approximate surface area is 96.7 Å². The number of nitrogens with one attached hydrogen (secondary N) is 1. The van der Waals surface area contributed by atoms with Crippen LogP contribution in [-0.2, 0) is 16.0 Å². The molecule has 16 heavy (non-hydrogen) atoms. The zero-order chi connectivity index (χ0) is 12.0. The van der Waals surface area contributed by atoms with Crippen LogP contribution in [0.4, 0.5) is 0 Å². The van der Waals surface area contributed by atoms with Gasteiger partial charge in [0.1, 0.15) is 6.04 Å². The Balaban J connectivity index is 2.45. The lowest BCUT2D eigenvalue weighted by atomic mass is 10.2. The van der Waals surface area contributed by atoms with Gasteiger partial charge in [-0.1, -0.05) is 0 Å². The van der Waals surface area contributed by atoms with Crippen LogP contribution < -0.4 is 5.32 Å². The minimum Gasteiger partial charge on any atom is -0.480 e. The van der Waals surface area contributed by atoms with Crippen molar-refractivity contribution in [1.82, 2.24) is 5.32 Å². The van der Waals surface area contributed by atoms with Crippen LogP contribution in [0.3, 0.4) is 0 Å². The molecule has 1 atom stereocenters. The molecule has 0 saturated carbocycles. The molecule has 0 saturated heterocycles. The van der Waals surface area contributed by atoms with Crippen molar-refractivity contribution in [2.24, 2.45) is 0 Å². The van der Waals surface area contributed by atoms with Gasteiger partial charge in [0, 0.05) is 13.0 Å². The summed E-state index contributed by atoms with van der Waals surface area (Å²) in [6, 6.07) is 0.794. The molecular weight excluding hydrogens is 230 g/mol. The van der Waals surface area contributed by atoms with Crippen LogP contribution in [0.2, 0.25) is 0 Å². The number of carbonyl (C=O) groups is 2. The molecule has 1 rings (SSSR count). The van der Waals surface area contributed by atoms with Gasteiger partial charge in [0.05, 0.1) is 6.42 Å². The second-order valence-electron chi connectivity index (χ2n) is 3.28. The maximum atomic E-state index is 11.4. The minimum absolute atomic E-state index is 0.0186. The molecule has 0 bridgehead atoms. The number of rotatable bonds is 6. The molecule has 5 nitrogen and oxygen atoms in total. The predicted molar refractivity (Wildman–Crippen MR) is 59.3 cm³/mol. The minimum atomic E-state index is -1.13. The van der Waals surface area contributed by atoms with E-state index in [1.807, 2.05) is 16.8 Å². The molecular formula is C10H13NO4S. The van der Waals surface area contributed by atoms with E-state index in [2.05, 4.69) is 5.32 Å². The second-order valence-corrected chi connectivity index (χ2v) is 4.06. The highest BCUT2D eigenvalue weighted by molar-refractivity contribution is 7.07. The number of carbonyl (C=O) groups excluding carboxylic acids is 1. The Morgan fingerprint density at radius 2 is 2.25 bits per heavy atom. The van der Waals surface area contributed by atoms with E-state index >= 15 is 0 Å². The second kappa shape index (κ2) is 6.24. The fourth-order valence-corrected chi connectivity index (χ4v) is 1.88. The highest BCUT2D eigenvalue weighted by atomic mass is 32.1. The summed E-state index contributed by atoms with van der Waals surface area (Å²) in [5.41, 5.74) is 0.857. The fraction of sp³-hybridized carbons (Fsp3) is 0.400. The third-order valence-corrected chi connectivity index (χ3v) is 2.73. The number of hydrogen-bond acceptors (Lipinski definition) is 4. The third kappa shape index (κ3) is 4.00. The van der Waals surface area contributed by atoms with E-state index < -0.39 is 12.0 Å². The number of hydrogen-bond donors (Lipinski definition) is 3. The molecule has 0 aliphatic rings. The number of carboxylic acid groups (broad SMARTS) is 1. The largest absolute Gasteiger partial charge is 0.480 e. The maximum absolute atomic E-state index is 11.4. The van der Waals surface area contributed by atoms with Crippen molar-refractivity contribution in [1.29, 1.82) is 0 Å². The molecule has 0 aliphatic carbocycles. The van der Waals surface area contributed by atoms with E-state index in [1.165, 1.54) is 11.3 Å². The van der Waals surface area contributed by atoms with Crippen LogP contribution in [0.5, 0.6) is 0 Å². The molecule has 0 spiro atoms. The van der Waals surface area contributed by atoms with Gasteiger partial charge in [-0.05, 0) is 22.4 Å². The van der Waals surface area contributed by atoms with Crippen molar-refractivity contribution < 1.29 is 19.8 Å². The predicted octanol–water partition coefficient (Wildman–Crippen LogP) is 0.242. The first-order valence-corrected chi connectivity index (χ1v) is 5.72. The summed E-state index contributed by atoms with van der Waals surface area (Å²) in [7, 11) is 0. The van der Waals surface area contributed by atoms with Crippen LogP contribution in [0.25, 0.3) is 0 Å². The van der Waals surface area contributed by atoms with Gasteiger partial charge in [0.25, 0.3) is 0 Å². The van der Waals surface area contributed by atoms with Crippen LogP contribution in [-0.4, -0.2) is 34.7 Å². The highest BCUT2D eigenvalue weighted by Gasteiger charge is 2.19. The Kier molecular flexibility index (Phi) is 4.94. The molecule has 0 aliphatic heterocycles. The average molecular weight is 243 g/mol. The topological polar surface area (TPSA) is 86.6 Å². The van der Waals surface area contributed by atoms with Gasteiger partial charge < -0.3 is 15.5 Å². The van der Waals surface area contributed by atoms with Crippen molar-refractivity contribution in [2.45, 2.75) is 18.9 Å². The number of aliphatic hydroxyl groups is 1. The van der Waals surface area contributed by atoms with Gasteiger partial charge in [-0.25, -0.2) is 4.79 Å². The van der Waals surface area contributed by atoms with Crippen LogP contribution in [0, 0.1) is 0 Å². The van der Waals surface area contributed by atoms with Crippen molar-refractivity contribution in [2.75, 3.05) is 6.61 Å². The highest BCUT2D eigenvalue weighted by Crippen LogP contribution is 2.06. The Hall–Kier alpha value is -1.40. The van der Waals surface area contributed by atoms with E-state index in [0.29, 0.717) is 0 Å². The van der Waals surface area contributed by atoms with Gasteiger partial charge >= 0.3 is 5.97 Å². The van der Waals surface area contributed by atoms with Gasteiger partial charge in [-0.15, -0.1) is 0 Å². The van der Waals surface area contributed by atoms with E-state index in [4.69, 9.17) is 10.2 Å². The molecule has 0 unspecified atom stereocenters. The molecule has 0 radical (unpaired) electrons. The van der Waals surface area contributed by atoms with Crippen molar-refractivity contribution in [3.05, 3.63) is 22.4 Å². The van der Waals surface area contributed by atoms with E-state index in [-0.39, 0.29) is 25.4 Å². The summed E-state index contributed by atoms with van der Waals surface area (Å²) in [5.74, 6) is -1.48. The molecule has 1 amide bonds. The summed E-state index contributed by atoms with van der Waals surface area (Å²) in [5, 5.41) is 23.4. The molecule has 6 heteroatoms. The summed E-state index contributed by atoms with van der Waals surface area (Å²) in [6.07, 6.45) is 0.184. The molecule has 88 valence electrons.